The summed E-state index contributed by atoms with van der Waals surface area (Å²) in [6, 6.07) is 17.4. The van der Waals surface area contributed by atoms with Gasteiger partial charge in [-0.15, -0.1) is 0 Å². The molecule has 0 aliphatic heterocycles. The Balaban J connectivity index is 1.47. The van der Waals surface area contributed by atoms with Crippen LogP contribution in [0.2, 0.25) is 5.02 Å². The molecular weight excluding hydrogens is 380 g/mol. The lowest BCUT2D eigenvalue weighted by atomic mass is 10.2. The first-order valence-electron chi connectivity index (χ1n) is 8.40. The van der Waals surface area contributed by atoms with E-state index >= 15 is 0 Å². The maximum atomic E-state index is 12.4. The Labute approximate surface area is 165 Å². The van der Waals surface area contributed by atoms with Gasteiger partial charge in [-0.1, -0.05) is 23.7 Å². The first kappa shape index (κ1) is 17.9. The summed E-state index contributed by atoms with van der Waals surface area (Å²) in [6.07, 6.45) is 1.50. The molecule has 0 atom stereocenters. The monoisotopic (exact) mass is 394 g/mol. The highest BCUT2D eigenvalue weighted by Gasteiger charge is 2.13. The number of nitrogens with zero attached hydrogens (tertiary/aromatic N) is 1. The molecule has 28 heavy (non-hydrogen) atoms. The third-order valence-electron chi connectivity index (χ3n) is 3.98. The molecule has 1 N–H and O–H groups in total. The molecule has 2 aromatic carbocycles. The average molecular weight is 395 g/mol. The Kier molecular flexibility index (Phi) is 4.87. The lowest BCUT2D eigenvalue weighted by Crippen LogP contribution is -2.10. The van der Waals surface area contributed by atoms with Gasteiger partial charge in [-0.2, -0.15) is 0 Å². The van der Waals surface area contributed by atoms with E-state index in [1.54, 1.807) is 55.6 Å². The van der Waals surface area contributed by atoms with E-state index < -0.39 is 0 Å². The third-order valence-corrected chi connectivity index (χ3v) is 4.22. The predicted molar refractivity (Wildman–Crippen MR) is 106 cm³/mol. The molecule has 0 fully saturated rings. The molecule has 0 unspecified atom stereocenters. The second-order valence-electron chi connectivity index (χ2n) is 5.88. The first-order valence-corrected chi connectivity index (χ1v) is 8.77. The Morgan fingerprint density at radius 1 is 1.07 bits per heavy atom. The fraction of sp³-hybridized carbons (Fsp3) is 0.0476. The van der Waals surface area contributed by atoms with Gasteiger partial charge in [-0.25, -0.2) is 4.98 Å². The van der Waals surface area contributed by atoms with Crippen LogP contribution in [0.4, 0.5) is 5.69 Å². The topological polar surface area (TPSA) is 73.6 Å². The Hall–Kier alpha value is -3.51. The van der Waals surface area contributed by atoms with Crippen molar-refractivity contribution in [2.75, 3.05) is 12.4 Å². The smallest absolute Gasteiger partial charge is 0.291 e. The number of nitrogens with one attached hydrogen (secondary N) is 1. The van der Waals surface area contributed by atoms with E-state index in [1.807, 2.05) is 12.1 Å². The minimum absolute atomic E-state index is 0.187. The average Bonchev–Trinajstić information content (AvgIpc) is 3.13. The molecule has 2 aromatic heterocycles. The largest absolute Gasteiger partial charge is 0.493 e. The van der Waals surface area contributed by atoms with E-state index in [9.17, 15) is 4.79 Å². The number of amides is 1. The number of rotatable bonds is 5. The molecule has 4 aromatic rings. The van der Waals surface area contributed by atoms with E-state index in [2.05, 4.69) is 10.3 Å². The normalized spacial score (nSPS) is 10.6. The molecule has 7 heteroatoms. The van der Waals surface area contributed by atoms with Crippen LogP contribution in [-0.2, 0) is 0 Å². The number of pyridine rings is 1. The van der Waals surface area contributed by atoms with Crippen molar-refractivity contribution in [3.05, 3.63) is 77.6 Å². The number of hydrogen-bond acceptors (Lipinski definition) is 5. The molecule has 0 saturated heterocycles. The van der Waals surface area contributed by atoms with Crippen LogP contribution in [0.25, 0.3) is 11.0 Å². The number of furan rings is 1. The van der Waals surface area contributed by atoms with Crippen LogP contribution in [0.3, 0.4) is 0 Å². The lowest BCUT2D eigenvalue weighted by molar-refractivity contribution is 0.0998. The first-order chi connectivity index (χ1) is 13.6. The van der Waals surface area contributed by atoms with Crippen molar-refractivity contribution in [2.24, 2.45) is 0 Å². The Morgan fingerprint density at radius 2 is 1.89 bits per heavy atom. The van der Waals surface area contributed by atoms with Crippen LogP contribution in [0.5, 0.6) is 17.4 Å². The molecule has 0 aliphatic rings. The molecule has 2 heterocycles. The molecule has 0 bridgehead atoms. The van der Waals surface area contributed by atoms with Crippen LogP contribution in [-0.4, -0.2) is 18.0 Å². The number of benzene rings is 2. The number of hydrogen-bond donors (Lipinski definition) is 1. The highest BCUT2D eigenvalue weighted by atomic mass is 35.5. The number of anilines is 1. The number of halogens is 1. The van der Waals surface area contributed by atoms with Gasteiger partial charge >= 0.3 is 0 Å². The standard InChI is InChI=1S/C21H15ClN2O4/c1-26-17-4-2-3-5-18(17)28-20-9-7-15(12-23-20)24-21(25)19-11-13-10-14(22)6-8-16(13)27-19/h2-12H,1H3,(H,24,25). The van der Waals surface area contributed by atoms with Crippen molar-refractivity contribution in [3.8, 4) is 17.4 Å². The van der Waals surface area contributed by atoms with E-state index in [0.29, 0.717) is 33.7 Å². The van der Waals surface area contributed by atoms with Gasteiger partial charge in [-0.3, -0.25) is 4.79 Å². The third kappa shape index (κ3) is 3.77. The van der Waals surface area contributed by atoms with Crippen molar-refractivity contribution in [1.82, 2.24) is 4.98 Å². The van der Waals surface area contributed by atoms with Gasteiger partial charge in [0.1, 0.15) is 5.58 Å². The summed E-state index contributed by atoms with van der Waals surface area (Å²) >= 11 is 5.96. The summed E-state index contributed by atoms with van der Waals surface area (Å²) in [5.74, 6) is 1.34. The second-order valence-corrected chi connectivity index (χ2v) is 6.32. The van der Waals surface area contributed by atoms with Crippen molar-refractivity contribution >= 4 is 34.2 Å². The summed E-state index contributed by atoms with van der Waals surface area (Å²) in [4.78, 5) is 16.6. The zero-order chi connectivity index (χ0) is 19.5. The van der Waals surface area contributed by atoms with Crippen LogP contribution < -0.4 is 14.8 Å². The maximum Gasteiger partial charge on any atom is 0.291 e. The van der Waals surface area contributed by atoms with Crippen molar-refractivity contribution in [3.63, 3.8) is 0 Å². The van der Waals surface area contributed by atoms with Gasteiger partial charge in [0.25, 0.3) is 5.91 Å². The number of aromatic nitrogens is 1. The van der Waals surface area contributed by atoms with Crippen LogP contribution in [0.15, 0.2) is 71.3 Å². The lowest BCUT2D eigenvalue weighted by Gasteiger charge is -2.09. The summed E-state index contributed by atoms with van der Waals surface area (Å²) in [7, 11) is 1.57. The Bertz CT molecular complexity index is 1140. The van der Waals surface area contributed by atoms with Gasteiger partial charge in [0.15, 0.2) is 17.3 Å². The summed E-state index contributed by atoms with van der Waals surface area (Å²) in [5.41, 5.74) is 1.10. The summed E-state index contributed by atoms with van der Waals surface area (Å²) in [5, 5.41) is 4.08. The SMILES string of the molecule is COc1ccccc1Oc1ccc(NC(=O)c2cc3cc(Cl)ccc3o2)cn1. The number of fused-ring (bicyclic) bond motifs is 1. The van der Waals surface area contributed by atoms with E-state index in [0.717, 1.165) is 5.39 Å². The molecule has 0 aliphatic carbocycles. The molecule has 0 saturated carbocycles. The Morgan fingerprint density at radius 3 is 2.64 bits per heavy atom. The molecule has 0 radical (unpaired) electrons. The van der Waals surface area contributed by atoms with Gasteiger partial charge < -0.3 is 19.2 Å². The molecule has 140 valence electrons. The fourth-order valence-electron chi connectivity index (χ4n) is 2.65. The van der Waals surface area contributed by atoms with Crippen LogP contribution in [0, 0.1) is 0 Å². The predicted octanol–water partition coefficient (Wildman–Crippen LogP) is 5.53. The van der Waals surface area contributed by atoms with Gasteiger partial charge in [0.2, 0.25) is 5.88 Å². The highest BCUT2D eigenvalue weighted by Crippen LogP contribution is 2.30. The van der Waals surface area contributed by atoms with Gasteiger partial charge in [0.05, 0.1) is 19.0 Å². The molecular formula is C21H15ClN2O4. The molecule has 6 nitrogen and oxygen atoms in total. The number of carbonyl (C=O) groups is 1. The molecule has 4 rings (SSSR count). The molecule has 1 amide bonds. The van der Waals surface area contributed by atoms with E-state index in [4.69, 9.17) is 25.5 Å². The number of para-hydroxylation sites is 2. The van der Waals surface area contributed by atoms with Crippen LogP contribution >= 0.6 is 11.6 Å². The van der Waals surface area contributed by atoms with Gasteiger partial charge in [0, 0.05) is 16.5 Å². The van der Waals surface area contributed by atoms with Crippen molar-refractivity contribution < 1.29 is 18.7 Å². The number of methoxy groups -OCH3 is 1. The van der Waals surface area contributed by atoms with E-state index in [-0.39, 0.29) is 11.7 Å². The quantitative estimate of drug-likeness (QED) is 0.481. The zero-order valence-electron chi connectivity index (χ0n) is 14.8. The highest BCUT2D eigenvalue weighted by molar-refractivity contribution is 6.31. The van der Waals surface area contributed by atoms with E-state index in [1.165, 1.54) is 6.20 Å². The summed E-state index contributed by atoms with van der Waals surface area (Å²) < 4.78 is 16.5. The maximum absolute atomic E-state index is 12.4. The van der Waals surface area contributed by atoms with Gasteiger partial charge in [-0.05, 0) is 42.5 Å². The fourth-order valence-corrected chi connectivity index (χ4v) is 2.83. The number of ether oxygens (including phenoxy) is 2. The molecule has 0 spiro atoms. The van der Waals surface area contributed by atoms with Crippen molar-refractivity contribution in [2.45, 2.75) is 0 Å². The van der Waals surface area contributed by atoms with Crippen molar-refractivity contribution in [1.29, 1.82) is 0 Å². The number of carbonyl (C=O) groups excluding carboxylic acids is 1. The second kappa shape index (κ2) is 7.62. The minimum atomic E-state index is -0.382. The zero-order valence-corrected chi connectivity index (χ0v) is 15.6. The van der Waals surface area contributed by atoms with Crippen LogP contribution in [0.1, 0.15) is 10.6 Å². The minimum Gasteiger partial charge on any atom is -0.493 e. The summed E-state index contributed by atoms with van der Waals surface area (Å²) in [6.45, 7) is 0.